The Morgan fingerprint density at radius 3 is 2.79 bits per heavy atom. The second-order valence-electron chi connectivity index (χ2n) is 9.75. The Hall–Kier alpha value is -1.61. The molecule has 2 aliphatic rings. The van der Waals surface area contributed by atoms with Crippen LogP contribution in [0.4, 0.5) is 0 Å². The third-order valence-corrected chi connectivity index (χ3v) is 8.44. The lowest BCUT2D eigenvalue weighted by Gasteiger charge is -2.55. The molecule has 0 bridgehead atoms. The fourth-order valence-corrected chi connectivity index (χ4v) is 6.60. The van der Waals surface area contributed by atoms with Crippen molar-refractivity contribution < 1.29 is 4.79 Å². The van der Waals surface area contributed by atoms with Gasteiger partial charge in [0.2, 0.25) is 0 Å². The molecule has 1 fully saturated rings. The van der Waals surface area contributed by atoms with E-state index in [1.54, 1.807) is 11.1 Å². The van der Waals surface area contributed by atoms with Gasteiger partial charge in [0.05, 0.1) is 4.88 Å². The Bertz CT molecular complexity index is 855. The molecule has 0 unspecified atom stereocenters. The first-order valence-electron chi connectivity index (χ1n) is 10.8. The molecule has 2 aromatic rings. The summed E-state index contributed by atoms with van der Waals surface area (Å²) in [5.74, 6) is 1.27. The van der Waals surface area contributed by atoms with Crippen molar-refractivity contribution in [2.75, 3.05) is 6.54 Å². The molecule has 1 saturated carbocycles. The maximum absolute atomic E-state index is 12.5. The second-order valence-corrected chi connectivity index (χ2v) is 10.7. The zero-order chi connectivity index (χ0) is 19.9. The maximum Gasteiger partial charge on any atom is 0.261 e. The lowest BCUT2D eigenvalue weighted by atomic mass is 9.49. The zero-order valence-corrected chi connectivity index (χ0v) is 18.5. The minimum Gasteiger partial charge on any atom is -0.351 e. The van der Waals surface area contributed by atoms with Crippen LogP contribution in [-0.2, 0) is 11.8 Å². The van der Waals surface area contributed by atoms with E-state index in [0.29, 0.717) is 11.8 Å². The van der Waals surface area contributed by atoms with E-state index in [9.17, 15) is 4.79 Å². The van der Waals surface area contributed by atoms with Gasteiger partial charge in [-0.3, -0.25) is 4.79 Å². The van der Waals surface area contributed by atoms with Gasteiger partial charge in [0.1, 0.15) is 0 Å². The molecule has 1 amide bonds. The summed E-state index contributed by atoms with van der Waals surface area (Å²) in [7, 11) is 0. The predicted octanol–water partition coefficient (Wildman–Crippen LogP) is 6.31. The molecule has 1 heterocycles. The topological polar surface area (TPSA) is 29.1 Å². The average Bonchev–Trinajstić information content (AvgIpc) is 3.20. The number of rotatable bonds is 4. The van der Waals surface area contributed by atoms with E-state index in [-0.39, 0.29) is 16.7 Å². The summed E-state index contributed by atoms with van der Waals surface area (Å²) in [5, 5.41) is 5.24. The van der Waals surface area contributed by atoms with Gasteiger partial charge < -0.3 is 5.32 Å². The number of carbonyl (C=O) groups is 1. The van der Waals surface area contributed by atoms with Crippen molar-refractivity contribution in [1.29, 1.82) is 0 Å². The number of hydrogen-bond acceptors (Lipinski definition) is 2. The van der Waals surface area contributed by atoms with Crippen molar-refractivity contribution in [2.24, 2.45) is 11.3 Å². The van der Waals surface area contributed by atoms with Crippen LogP contribution in [0.1, 0.15) is 85.7 Å². The van der Waals surface area contributed by atoms with Gasteiger partial charge in [-0.2, -0.15) is 0 Å². The van der Waals surface area contributed by atoms with Gasteiger partial charge in [0, 0.05) is 6.54 Å². The van der Waals surface area contributed by atoms with Gasteiger partial charge in [-0.1, -0.05) is 58.4 Å². The van der Waals surface area contributed by atoms with Crippen LogP contribution < -0.4 is 5.32 Å². The van der Waals surface area contributed by atoms with Gasteiger partial charge in [-0.05, 0) is 76.5 Å². The molecule has 0 aliphatic heterocycles. The molecule has 0 radical (unpaired) electrons. The molecule has 150 valence electrons. The summed E-state index contributed by atoms with van der Waals surface area (Å²) >= 11 is 1.52. The average molecular weight is 396 g/mol. The molecule has 2 aliphatic carbocycles. The zero-order valence-electron chi connectivity index (χ0n) is 17.7. The highest BCUT2D eigenvalue weighted by Crippen LogP contribution is 2.57. The largest absolute Gasteiger partial charge is 0.351 e. The molecule has 1 aromatic heterocycles. The highest BCUT2D eigenvalue weighted by atomic mass is 32.1. The van der Waals surface area contributed by atoms with E-state index in [4.69, 9.17) is 0 Å². The minimum absolute atomic E-state index is 0.0850. The van der Waals surface area contributed by atoms with Crippen molar-refractivity contribution in [3.63, 3.8) is 0 Å². The number of carbonyl (C=O) groups excluding carboxylic acids is 1. The maximum atomic E-state index is 12.5. The first-order valence-corrected chi connectivity index (χ1v) is 11.7. The Labute approximate surface area is 173 Å². The van der Waals surface area contributed by atoms with Crippen molar-refractivity contribution in [3.05, 3.63) is 57.3 Å². The van der Waals surface area contributed by atoms with E-state index in [1.165, 1.54) is 49.0 Å². The second kappa shape index (κ2) is 7.33. The van der Waals surface area contributed by atoms with E-state index in [2.05, 4.69) is 51.2 Å². The van der Waals surface area contributed by atoms with E-state index < -0.39 is 0 Å². The summed E-state index contributed by atoms with van der Waals surface area (Å²) in [4.78, 5) is 13.4. The molecular formula is C25H33NOS. The van der Waals surface area contributed by atoms with Gasteiger partial charge in [0.15, 0.2) is 0 Å². The van der Waals surface area contributed by atoms with Crippen LogP contribution >= 0.6 is 11.3 Å². The van der Waals surface area contributed by atoms with Crippen molar-refractivity contribution in [3.8, 4) is 0 Å². The molecule has 4 rings (SSSR count). The quantitative estimate of drug-likeness (QED) is 0.645. The molecule has 0 saturated heterocycles. The third-order valence-electron chi connectivity index (χ3n) is 7.57. The molecule has 1 aromatic carbocycles. The summed E-state index contributed by atoms with van der Waals surface area (Å²) < 4.78 is 0. The molecule has 1 N–H and O–H groups in total. The number of fused-ring (bicyclic) bond motifs is 3. The highest BCUT2D eigenvalue weighted by molar-refractivity contribution is 7.12. The Balaban J connectivity index is 1.61. The van der Waals surface area contributed by atoms with E-state index >= 15 is 0 Å². The SMILES string of the molecule is CC(C)c1ccc2c(c1)[C@@]1(C)CCC[C@](C)(CNC(=O)c3cccs3)[C@@H]1CC2. The molecule has 3 heteroatoms. The number of thiophene rings is 1. The molecule has 28 heavy (non-hydrogen) atoms. The minimum atomic E-state index is 0.0850. The molecule has 0 spiro atoms. The van der Waals surface area contributed by atoms with Crippen molar-refractivity contribution in [1.82, 2.24) is 5.32 Å². The van der Waals surface area contributed by atoms with Crippen LogP contribution in [0.5, 0.6) is 0 Å². The molecule has 3 atom stereocenters. The fourth-order valence-electron chi connectivity index (χ4n) is 5.96. The summed E-state index contributed by atoms with van der Waals surface area (Å²) in [6, 6.07) is 11.1. The van der Waals surface area contributed by atoms with Crippen LogP contribution in [0.3, 0.4) is 0 Å². The number of nitrogens with one attached hydrogen (secondary N) is 1. The molecular weight excluding hydrogens is 362 g/mol. The van der Waals surface area contributed by atoms with Crippen LogP contribution in [0, 0.1) is 11.3 Å². The normalized spacial score (nSPS) is 29.2. The lowest BCUT2D eigenvalue weighted by Crippen LogP contribution is -2.53. The molecule has 2 nitrogen and oxygen atoms in total. The Morgan fingerprint density at radius 1 is 1.25 bits per heavy atom. The number of aryl methyl sites for hydroxylation is 1. The van der Waals surface area contributed by atoms with Crippen LogP contribution in [-0.4, -0.2) is 12.5 Å². The first-order chi connectivity index (χ1) is 13.3. The van der Waals surface area contributed by atoms with Gasteiger partial charge >= 0.3 is 0 Å². The van der Waals surface area contributed by atoms with E-state index in [0.717, 1.165) is 11.4 Å². The van der Waals surface area contributed by atoms with Crippen LogP contribution in [0.15, 0.2) is 35.7 Å². The number of benzene rings is 1. The predicted molar refractivity (Wildman–Crippen MR) is 118 cm³/mol. The Morgan fingerprint density at radius 2 is 2.07 bits per heavy atom. The highest BCUT2D eigenvalue weighted by Gasteiger charge is 2.51. The van der Waals surface area contributed by atoms with Crippen molar-refractivity contribution in [2.45, 2.75) is 71.1 Å². The van der Waals surface area contributed by atoms with E-state index in [1.807, 2.05) is 17.5 Å². The fraction of sp³-hybridized carbons (Fsp3) is 0.560. The van der Waals surface area contributed by atoms with Gasteiger partial charge in [-0.25, -0.2) is 0 Å². The number of hydrogen-bond donors (Lipinski definition) is 1. The van der Waals surface area contributed by atoms with Gasteiger partial charge in [-0.15, -0.1) is 11.3 Å². The van der Waals surface area contributed by atoms with Gasteiger partial charge in [0.25, 0.3) is 5.91 Å². The van der Waals surface area contributed by atoms with Crippen molar-refractivity contribution >= 4 is 17.2 Å². The first kappa shape index (κ1) is 19.7. The standard InChI is InChI=1S/C25H33NOS/c1-17(2)19-9-8-18-10-11-22-24(3,12-6-13-25(22,4)20(18)15-19)16-26-23(27)21-7-5-14-28-21/h5,7-9,14-15,17,22H,6,10-13,16H2,1-4H3,(H,26,27)/t22-,24+,25+/m0/s1. The lowest BCUT2D eigenvalue weighted by molar-refractivity contribution is 0.0254. The summed E-state index contributed by atoms with van der Waals surface area (Å²) in [6.07, 6.45) is 6.11. The van der Waals surface area contributed by atoms with Crippen LogP contribution in [0.2, 0.25) is 0 Å². The summed E-state index contributed by atoms with van der Waals surface area (Å²) in [5.41, 5.74) is 4.98. The van der Waals surface area contributed by atoms with Crippen LogP contribution in [0.25, 0.3) is 0 Å². The Kier molecular flexibility index (Phi) is 5.16. The smallest absolute Gasteiger partial charge is 0.261 e. The monoisotopic (exact) mass is 395 g/mol. The third kappa shape index (κ3) is 3.32. The number of amides is 1. The summed E-state index contributed by atoms with van der Waals surface area (Å²) in [6.45, 7) is 10.3.